The van der Waals surface area contributed by atoms with Crippen LogP contribution in [0.5, 0.6) is 0 Å². The Morgan fingerprint density at radius 3 is 2.73 bits per heavy atom. The van der Waals surface area contributed by atoms with E-state index in [2.05, 4.69) is 46.5 Å². The number of hydrogen-bond donors (Lipinski definition) is 1. The molecule has 0 aliphatic carbocycles. The number of para-hydroxylation sites is 1. The highest BCUT2D eigenvalue weighted by atomic mass is 15.3. The van der Waals surface area contributed by atoms with Gasteiger partial charge in [-0.15, -0.1) is 0 Å². The Kier molecular flexibility index (Phi) is 4.12. The SMILES string of the molecule is CCc1nc(NC(C)c2ccccc2-n2cccn2)c2cnn(C)c2n1. The molecule has 4 rings (SSSR count). The van der Waals surface area contributed by atoms with Crippen LogP contribution in [0, 0.1) is 0 Å². The van der Waals surface area contributed by atoms with Crippen LogP contribution in [0.4, 0.5) is 5.82 Å². The van der Waals surface area contributed by atoms with Crippen molar-refractivity contribution in [2.45, 2.75) is 26.3 Å². The maximum atomic E-state index is 4.69. The van der Waals surface area contributed by atoms with Crippen molar-refractivity contribution in [3.8, 4) is 5.69 Å². The zero-order valence-electron chi connectivity index (χ0n) is 15.1. The summed E-state index contributed by atoms with van der Waals surface area (Å²) in [6, 6.07) is 10.2. The van der Waals surface area contributed by atoms with Crippen molar-refractivity contribution >= 4 is 16.9 Å². The minimum absolute atomic E-state index is 0.0402. The molecule has 0 bridgehead atoms. The first-order valence-electron chi connectivity index (χ1n) is 8.71. The number of hydrogen-bond acceptors (Lipinski definition) is 5. The standard InChI is InChI=1S/C19H21N7/c1-4-17-23-18(15-12-21-25(3)19(15)24-17)22-13(2)14-8-5-6-9-16(14)26-11-7-10-20-26/h5-13H,4H2,1-3H3,(H,22,23,24). The maximum Gasteiger partial charge on any atom is 0.163 e. The number of nitrogens with zero attached hydrogens (tertiary/aromatic N) is 6. The van der Waals surface area contributed by atoms with Gasteiger partial charge in [0.15, 0.2) is 5.65 Å². The average Bonchev–Trinajstić information content (AvgIpc) is 3.32. The molecule has 1 unspecified atom stereocenters. The fraction of sp³-hybridized carbons (Fsp3) is 0.263. The van der Waals surface area contributed by atoms with E-state index in [0.29, 0.717) is 0 Å². The van der Waals surface area contributed by atoms with Crippen LogP contribution in [-0.4, -0.2) is 29.5 Å². The molecule has 0 aliphatic rings. The van der Waals surface area contributed by atoms with E-state index < -0.39 is 0 Å². The number of benzene rings is 1. The molecule has 0 radical (unpaired) electrons. The molecule has 0 aliphatic heterocycles. The first kappa shape index (κ1) is 16.3. The van der Waals surface area contributed by atoms with Gasteiger partial charge in [-0.2, -0.15) is 10.2 Å². The average molecular weight is 347 g/mol. The molecule has 1 aromatic carbocycles. The predicted molar refractivity (Wildman–Crippen MR) is 101 cm³/mol. The molecule has 7 heteroatoms. The molecule has 0 saturated carbocycles. The third kappa shape index (κ3) is 2.81. The molecular weight excluding hydrogens is 326 g/mol. The van der Waals surface area contributed by atoms with Gasteiger partial charge in [0.05, 0.1) is 23.3 Å². The number of fused-ring (bicyclic) bond motifs is 1. The van der Waals surface area contributed by atoms with Gasteiger partial charge in [0.2, 0.25) is 0 Å². The Morgan fingerprint density at radius 2 is 1.96 bits per heavy atom. The first-order chi connectivity index (χ1) is 12.7. The maximum absolute atomic E-state index is 4.69. The third-order valence-electron chi connectivity index (χ3n) is 4.46. The highest BCUT2D eigenvalue weighted by molar-refractivity contribution is 5.86. The highest BCUT2D eigenvalue weighted by Crippen LogP contribution is 2.27. The summed E-state index contributed by atoms with van der Waals surface area (Å²) in [7, 11) is 1.90. The minimum atomic E-state index is 0.0402. The van der Waals surface area contributed by atoms with Gasteiger partial charge in [-0.3, -0.25) is 4.68 Å². The van der Waals surface area contributed by atoms with Crippen LogP contribution in [-0.2, 0) is 13.5 Å². The zero-order valence-corrected chi connectivity index (χ0v) is 15.1. The lowest BCUT2D eigenvalue weighted by Crippen LogP contribution is -2.13. The Hall–Kier alpha value is -3.22. The van der Waals surface area contributed by atoms with Gasteiger partial charge >= 0.3 is 0 Å². The number of aromatic nitrogens is 6. The predicted octanol–water partition coefficient (Wildman–Crippen LogP) is 3.28. The lowest BCUT2D eigenvalue weighted by Gasteiger charge is -2.19. The molecule has 4 aromatic rings. The lowest BCUT2D eigenvalue weighted by atomic mass is 10.1. The summed E-state index contributed by atoms with van der Waals surface area (Å²) in [5.41, 5.74) is 3.03. The molecule has 0 saturated heterocycles. The summed E-state index contributed by atoms with van der Waals surface area (Å²) >= 11 is 0. The van der Waals surface area contributed by atoms with Gasteiger partial charge in [-0.1, -0.05) is 25.1 Å². The molecule has 26 heavy (non-hydrogen) atoms. The third-order valence-corrected chi connectivity index (χ3v) is 4.46. The second-order valence-electron chi connectivity index (χ2n) is 6.22. The van der Waals surface area contributed by atoms with E-state index in [1.165, 1.54) is 0 Å². The zero-order chi connectivity index (χ0) is 18.1. The van der Waals surface area contributed by atoms with Crippen molar-refractivity contribution in [3.63, 3.8) is 0 Å². The molecule has 0 fully saturated rings. The largest absolute Gasteiger partial charge is 0.363 e. The monoisotopic (exact) mass is 347 g/mol. The normalized spacial score (nSPS) is 12.4. The summed E-state index contributed by atoms with van der Waals surface area (Å²) < 4.78 is 3.66. The topological polar surface area (TPSA) is 73.5 Å². The van der Waals surface area contributed by atoms with Crippen LogP contribution in [0.15, 0.2) is 48.9 Å². The summed E-state index contributed by atoms with van der Waals surface area (Å²) in [5, 5.41) is 13.2. The van der Waals surface area contributed by atoms with Crippen molar-refractivity contribution in [1.82, 2.24) is 29.5 Å². The van der Waals surface area contributed by atoms with E-state index in [-0.39, 0.29) is 6.04 Å². The van der Waals surface area contributed by atoms with Crippen LogP contribution in [0.1, 0.15) is 31.3 Å². The molecular formula is C19H21N7. The van der Waals surface area contributed by atoms with Crippen molar-refractivity contribution in [2.24, 2.45) is 7.05 Å². The van der Waals surface area contributed by atoms with Crippen LogP contribution in [0.25, 0.3) is 16.7 Å². The van der Waals surface area contributed by atoms with Crippen LogP contribution >= 0.6 is 0 Å². The smallest absolute Gasteiger partial charge is 0.163 e. The van der Waals surface area contributed by atoms with E-state index in [4.69, 9.17) is 4.98 Å². The van der Waals surface area contributed by atoms with E-state index >= 15 is 0 Å². The fourth-order valence-electron chi connectivity index (χ4n) is 3.09. The molecule has 132 valence electrons. The van der Waals surface area contributed by atoms with Gasteiger partial charge in [0, 0.05) is 25.9 Å². The van der Waals surface area contributed by atoms with Crippen LogP contribution in [0.2, 0.25) is 0 Å². The van der Waals surface area contributed by atoms with Gasteiger partial charge in [-0.05, 0) is 24.6 Å². The summed E-state index contributed by atoms with van der Waals surface area (Å²) in [4.78, 5) is 9.28. The van der Waals surface area contributed by atoms with Crippen molar-refractivity contribution < 1.29 is 0 Å². The molecule has 7 nitrogen and oxygen atoms in total. The van der Waals surface area contributed by atoms with E-state index in [0.717, 1.165) is 40.3 Å². The second-order valence-corrected chi connectivity index (χ2v) is 6.22. The van der Waals surface area contributed by atoms with Gasteiger partial charge in [0.25, 0.3) is 0 Å². The number of nitrogens with one attached hydrogen (secondary N) is 1. The van der Waals surface area contributed by atoms with E-state index in [1.54, 1.807) is 10.9 Å². The molecule has 0 spiro atoms. The van der Waals surface area contributed by atoms with Gasteiger partial charge in [-0.25, -0.2) is 14.6 Å². The van der Waals surface area contributed by atoms with Crippen molar-refractivity contribution in [2.75, 3.05) is 5.32 Å². The van der Waals surface area contributed by atoms with Crippen LogP contribution < -0.4 is 5.32 Å². The quantitative estimate of drug-likeness (QED) is 0.600. The van der Waals surface area contributed by atoms with Gasteiger partial charge in [0.1, 0.15) is 11.6 Å². The summed E-state index contributed by atoms with van der Waals surface area (Å²) in [6.45, 7) is 4.18. The minimum Gasteiger partial charge on any atom is -0.363 e. The number of rotatable bonds is 5. The van der Waals surface area contributed by atoms with E-state index in [9.17, 15) is 0 Å². The van der Waals surface area contributed by atoms with E-state index in [1.807, 2.05) is 42.3 Å². The number of aryl methyl sites for hydroxylation is 2. The summed E-state index contributed by atoms with van der Waals surface area (Å²) in [6.07, 6.45) is 6.31. The van der Waals surface area contributed by atoms with Crippen LogP contribution in [0.3, 0.4) is 0 Å². The molecule has 3 heterocycles. The first-order valence-corrected chi connectivity index (χ1v) is 8.71. The fourth-order valence-corrected chi connectivity index (χ4v) is 3.09. The Morgan fingerprint density at radius 1 is 1.12 bits per heavy atom. The Bertz CT molecular complexity index is 1030. The van der Waals surface area contributed by atoms with Crippen molar-refractivity contribution in [3.05, 3.63) is 60.3 Å². The lowest BCUT2D eigenvalue weighted by molar-refractivity contribution is 0.778. The molecule has 0 amide bonds. The molecule has 1 atom stereocenters. The summed E-state index contributed by atoms with van der Waals surface area (Å²) in [5.74, 6) is 1.61. The van der Waals surface area contributed by atoms with Gasteiger partial charge < -0.3 is 5.32 Å². The second kappa shape index (κ2) is 6.59. The Labute approximate surface area is 151 Å². The highest BCUT2D eigenvalue weighted by Gasteiger charge is 2.16. The molecule has 1 N–H and O–H groups in total. The van der Waals surface area contributed by atoms with Crippen molar-refractivity contribution in [1.29, 1.82) is 0 Å². The Balaban J connectivity index is 1.74. The molecule has 3 aromatic heterocycles. The number of anilines is 1.